The van der Waals surface area contributed by atoms with Gasteiger partial charge in [-0.3, -0.25) is 0 Å². The lowest BCUT2D eigenvalue weighted by molar-refractivity contribution is 0.304. The number of rotatable bonds is 7. The lowest BCUT2D eigenvalue weighted by Gasteiger charge is -2.25. The molecule has 0 aromatic carbocycles. The highest BCUT2D eigenvalue weighted by Gasteiger charge is 2.18. The zero-order valence-electron chi connectivity index (χ0n) is 12.5. The van der Waals surface area contributed by atoms with Crippen LogP contribution < -0.4 is 10.6 Å². The molecule has 0 aliphatic carbocycles. The minimum absolute atomic E-state index is 0.629. The molecule has 0 aliphatic rings. The second-order valence-corrected chi connectivity index (χ2v) is 6.31. The van der Waals surface area contributed by atoms with Crippen LogP contribution in [0.4, 0.5) is 11.8 Å². The smallest absolute Gasteiger partial charge is 0.224 e. The Kier molecular flexibility index (Phi) is 6.55. The summed E-state index contributed by atoms with van der Waals surface area (Å²) < 4.78 is 0.903. The molecule has 0 saturated heterocycles. The second kappa shape index (κ2) is 7.68. The SMILES string of the molecule is CCNc1ncc(Br)c(NCC(C(C)C)C(C)C)n1. The Morgan fingerprint density at radius 3 is 2.32 bits per heavy atom. The van der Waals surface area contributed by atoms with E-state index < -0.39 is 0 Å². The molecule has 2 N–H and O–H groups in total. The highest BCUT2D eigenvalue weighted by Crippen LogP contribution is 2.24. The molecular weight excluding hydrogens is 304 g/mol. The third-order valence-electron chi connectivity index (χ3n) is 3.30. The van der Waals surface area contributed by atoms with Crippen LogP contribution in [-0.4, -0.2) is 23.1 Å². The van der Waals surface area contributed by atoms with Gasteiger partial charge in [0.05, 0.1) is 4.47 Å². The van der Waals surface area contributed by atoms with Crippen LogP contribution in [0, 0.1) is 17.8 Å². The van der Waals surface area contributed by atoms with Crippen LogP contribution in [0.25, 0.3) is 0 Å². The maximum absolute atomic E-state index is 4.47. The quantitative estimate of drug-likeness (QED) is 0.793. The number of hydrogen-bond acceptors (Lipinski definition) is 4. The van der Waals surface area contributed by atoms with Crippen molar-refractivity contribution in [3.63, 3.8) is 0 Å². The second-order valence-electron chi connectivity index (χ2n) is 5.45. The van der Waals surface area contributed by atoms with Crippen molar-refractivity contribution in [2.45, 2.75) is 34.6 Å². The summed E-state index contributed by atoms with van der Waals surface area (Å²) in [5, 5.41) is 6.56. The van der Waals surface area contributed by atoms with Gasteiger partial charge in [0.25, 0.3) is 0 Å². The molecule has 0 amide bonds. The van der Waals surface area contributed by atoms with E-state index in [1.54, 1.807) is 6.20 Å². The molecule has 1 aromatic rings. The summed E-state index contributed by atoms with van der Waals surface area (Å²) in [6.45, 7) is 12.9. The van der Waals surface area contributed by atoms with Crippen LogP contribution in [0.3, 0.4) is 0 Å². The predicted octanol–water partition coefficient (Wildman–Crippen LogP) is 4.01. The minimum Gasteiger partial charge on any atom is -0.369 e. The summed E-state index contributed by atoms with van der Waals surface area (Å²) in [7, 11) is 0. The Morgan fingerprint density at radius 2 is 1.79 bits per heavy atom. The summed E-state index contributed by atoms with van der Waals surface area (Å²) >= 11 is 3.49. The Hall–Kier alpha value is -0.840. The van der Waals surface area contributed by atoms with Crippen LogP contribution in [0.1, 0.15) is 34.6 Å². The van der Waals surface area contributed by atoms with Crippen molar-refractivity contribution in [1.29, 1.82) is 0 Å². The zero-order chi connectivity index (χ0) is 14.4. The molecule has 4 nitrogen and oxygen atoms in total. The maximum atomic E-state index is 4.47. The Labute approximate surface area is 124 Å². The van der Waals surface area contributed by atoms with E-state index in [9.17, 15) is 0 Å². The van der Waals surface area contributed by atoms with Crippen molar-refractivity contribution in [2.75, 3.05) is 23.7 Å². The lowest BCUT2D eigenvalue weighted by atomic mass is 9.85. The highest BCUT2D eigenvalue weighted by molar-refractivity contribution is 9.10. The molecule has 0 unspecified atom stereocenters. The van der Waals surface area contributed by atoms with Crippen LogP contribution in [-0.2, 0) is 0 Å². The largest absolute Gasteiger partial charge is 0.369 e. The number of halogens is 1. The van der Waals surface area contributed by atoms with Gasteiger partial charge in [-0.25, -0.2) is 4.98 Å². The first-order valence-electron chi connectivity index (χ1n) is 6.96. The number of aromatic nitrogens is 2. The van der Waals surface area contributed by atoms with E-state index in [1.165, 1.54) is 0 Å². The Bertz CT molecular complexity index is 385. The number of nitrogens with zero attached hydrogens (tertiary/aromatic N) is 2. The normalized spacial score (nSPS) is 11.4. The monoisotopic (exact) mass is 328 g/mol. The van der Waals surface area contributed by atoms with Crippen LogP contribution in [0.5, 0.6) is 0 Å². The molecule has 0 spiro atoms. The van der Waals surface area contributed by atoms with Gasteiger partial charge in [-0.15, -0.1) is 0 Å². The van der Waals surface area contributed by atoms with Crippen molar-refractivity contribution in [2.24, 2.45) is 17.8 Å². The minimum atomic E-state index is 0.629. The summed E-state index contributed by atoms with van der Waals surface area (Å²) in [6.07, 6.45) is 1.78. The van der Waals surface area contributed by atoms with Gasteiger partial charge in [0.2, 0.25) is 5.95 Å². The summed E-state index contributed by atoms with van der Waals surface area (Å²) in [6, 6.07) is 0. The van der Waals surface area contributed by atoms with Crippen molar-refractivity contribution >= 4 is 27.7 Å². The van der Waals surface area contributed by atoms with Gasteiger partial charge >= 0.3 is 0 Å². The van der Waals surface area contributed by atoms with Gasteiger partial charge in [-0.2, -0.15) is 4.98 Å². The molecule has 0 radical (unpaired) electrons. The fourth-order valence-corrected chi connectivity index (χ4v) is 2.52. The fourth-order valence-electron chi connectivity index (χ4n) is 2.19. The first-order chi connectivity index (χ1) is 8.95. The van der Waals surface area contributed by atoms with Gasteiger partial charge in [0, 0.05) is 19.3 Å². The van der Waals surface area contributed by atoms with E-state index >= 15 is 0 Å². The average molecular weight is 329 g/mol. The van der Waals surface area contributed by atoms with Crippen molar-refractivity contribution in [3.05, 3.63) is 10.7 Å². The molecule has 19 heavy (non-hydrogen) atoms. The highest BCUT2D eigenvalue weighted by atomic mass is 79.9. The van der Waals surface area contributed by atoms with Crippen molar-refractivity contribution in [1.82, 2.24) is 9.97 Å². The summed E-state index contributed by atoms with van der Waals surface area (Å²) in [5.41, 5.74) is 0. The van der Waals surface area contributed by atoms with Gasteiger partial charge in [0.1, 0.15) is 5.82 Å². The van der Waals surface area contributed by atoms with Gasteiger partial charge < -0.3 is 10.6 Å². The van der Waals surface area contributed by atoms with Crippen molar-refractivity contribution in [3.8, 4) is 0 Å². The standard InChI is InChI=1S/C14H25BrN4/c1-6-16-14-18-8-12(15)13(19-14)17-7-11(9(2)3)10(4)5/h8-11H,6-7H2,1-5H3,(H2,16,17,18,19). The number of anilines is 2. The van der Waals surface area contributed by atoms with E-state index in [4.69, 9.17) is 0 Å². The van der Waals surface area contributed by atoms with Gasteiger partial charge in [-0.1, -0.05) is 27.7 Å². The van der Waals surface area contributed by atoms with E-state index in [2.05, 4.69) is 64.2 Å². The maximum Gasteiger partial charge on any atom is 0.224 e. The third-order valence-corrected chi connectivity index (χ3v) is 3.88. The number of hydrogen-bond donors (Lipinski definition) is 2. The van der Waals surface area contributed by atoms with Crippen LogP contribution >= 0.6 is 15.9 Å². The third kappa shape index (κ3) is 4.97. The fraction of sp³-hybridized carbons (Fsp3) is 0.714. The Balaban J connectivity index is 2.72. The Morgan fingerprint density at radius 1 is 1.16 bits per heavy atom. The molecule has 1 rings (SSSR count). The molecule has 1 aromatic heterocycles. The summed E-state index contributed by atoms with van der Waals surface area (Å²) in [4.78, 5) is 8.69. The zero-order valence-corrected chi connectivity index (χ0v) is 14.1. The molecule has 0 aliphatic heterocycles. The molecule has 0 atom stereocenters. The van der Waals surface area contributed by atoms with Gasteiger partial charge in [-0.05, 0) is 40.6 Å². The molecular formula is C14H25BrN4. The van der Waals surface area contributed by atoms with Crippen molar-refractivity contribution < 1.29 is 0 Å². The molecule has 108 valence electrons. The predicted molar refractivity (Wildman–Crippen MR) is 85.6 cm³/mol. The van der Waals surface area contributed by atoms with E-state index in [1.807, 2.05) is 6.92 Å². The molecule has 1 heterocycles. The molecule has 0 saturated carbocycles. The topological polar surface area (TPSA) is 49.8 Å². The van der Waals surface area contributed by atoms with Crippen LogP contribution in [0.15, 0.2) is 10.7 Å². The number of nitrogens with one attached hydrogen (secondary N) is 2. The summed E-state index contributed by atoms with van der Waals surface area (Å²) in [5.74, 6) is 3.46. The molecule has 0 fully saturated rings. The first-order valence-corrected chi connectivity index (χ1v) is 7.75. The average Bonchev–Trinajstić information content (AvgIpc) is 2.32. The van der Waals surface area contributed by atoms with Gasteiger partial charge in [0.15, 0.2) is 0 Å². The first kappa shape index (κ1) is 16.2. The van der Waals surface area contributed by atoms with E-state index in [-0.39, 0.29) is 0 Å². The molecule has 5 heteroatoms. The van der Waals surface area contributed by atoms with Crippen LogP contribution in [0.2, 0.25) is 0 Å². The molecule has 0 bridgehead atoms. The van der Waals surface area contributed by atoms with E-state index in [0.717, 1.165) is 23.4 Å². The lowest BCUT2D eigenvalue weighted by Crippen LogP contribution is -2.25. The van der Waals surface area contributed by atoms with E-state index in [0.29, 0.717) is 23.7 Å².